The molecule has 0 saturated carbocycles. The average molecular weight is 349 g/mol. The van der Waals surface area contributed by atoms with Crippen LogP contribution in [0.25, 0.3) is 0 Å². The zero-order valence-corrected chi connectivity index (χ0v) is 10.4. The van der Waals surface area contributed by atoms with Crippen molar-refractivity contribution in [1.29, 1.82) is 0 Å². The second kappa shape index (κ2) is 4.01. The minimum atomic E-state index is -1.51. The van der Waals surface area contributed by atoms with Crippen LogP contribution in [0, 0.1) is 0 Å². The first kappa shape index (κ1) is 12.3. The molecule has 0 amide bonds. The number of hydrogen-bond donors (Lipinski definition) is 1. The van der Waals surface area contributed by atoms with Gasteiger partial charge >= 0.3 is 5.97 Å². The minimum absolute atomic E-state index is 0.396. The van der Waals surface area contributed by atoms with Crippen molar-refractivity contribution in [2.45, 2.75) is 13.4 Å². The fourth-order valence-electron chi connectivity index (χ4n) is 0.290. The Morgan fingerprint density at radius 2 is 1.73 bits per heavy atom. The standard InChI is InChI=1S/C4H3Br2Cl3O2/c5-3(7,1-2(10)11)4(6,8)9/h1H2,(H,10,11). The molecule has 0 fully saturated rings. The number of aliphatic carboxylic acids is 1. The van der Waals surface area contributed by atoms with Gasteiger partial charge in [0.05, 0.1) is 6.42 Å². The minimum Gasteiger partial charge on any atom is -0.481 e. The molecule has 0 radical (unpaired) electrons. The largest absolute Gasteiger partial charge is 0.481 e. The van der Waals surface area contributed by atoms with Crippen molar-refractivity contribution in [3.63, 3.8) is 0 Å². The number of halogens is 5. The quantitative estimate of drug-likeness (QED) is 0.794. The van der Waals surface area contributed by atoms with Crippen LogP contribution in [0.15, 0.2) is 0 Å². The summed E-state index contributed by atoms with van der Waals surface area (Å²) in [7, 11) is 0. The smallest absolute Gasteiger partial charge is 0.306 e. The number of hydrogen-bond acceptors (Lipinski definition) is 1. The average Bonchev–Trinajstić information content (AvgIpc) is 1.56. The highest BCUT2D eigenvalue weighted by Gasteiger charge is 2.46. The van der Waals surface area contributed by atoms with Gasteiger partial charge in [0.25, 0.3) is 0 Å². The summed E-state index contributed by atoms with van der Waals surface area (Å²) in [4.78, 5) is 10.2. The third-order valence-electron chi connectivity index (χ3n) is 0.788. The van der Waals surface area contributed by atoms with Gasteiger partial charge in [-0.3, -0.25) is 4.79 Å². The van der Waals surface area contributed by atoms with Crippen molar-refractivity contribution >= 4 is 72.6 Å². The van der Waals surface area contributed by atoms with Gasteiger partial charge in [0, 0.05) is 0 Å². The van der Waals surface area contributed by atoms with Gasteiger partial charge in [-0.15, -0.1) is 11.6 Å². The Labute approximate surface area is 95.4 Å². The van der Waals surface area contributed by atoms with E-state index in [1.165, 1.54) is 0 Å². The predicted molar refractivity (Wildman–Crippen MR) is 53.1 cm³/mol. The van der Waals surface area contributed by atoms with E-state index in [-0.39, 0.29) is 0 Å². The number of rotatable bonds is 3. The topological polar surface area (TPSA) is 37.3 Å². The summed E-state index contributed by atoms with van der Waals surface area (Å²) in [6.07, 6.45) is -0.396. The summed E-state index contributed by atoms with van der Waals surface area (Å²) in [6.45, 7) is 0. The molecular weight excluding hydrogens is 346 g/mol. The fraction of sp³-hybridized carbons (Fsp3) is 0.750. The van der Waals surface area contributed by atoms with E-state index in [0.29, 0.717) is 0 Å². The second-order valence-electron chi connectivity index (χ2n) is 1.77. The van der Waals surface area contributed by atoms with Gasteiger partial charge in [0.15, 0.2) is 3.78 Å². The normalized spacial score (nSPS) is 17.5. The molecule has 0 bridgehead atoms. The van der Waals surface area contributed by atoms with E-state index in [4.69, 9.17) is 39.9 Å². The lowest BCUT2D eigenvalue weighted by atomic mass is 10.3. The SMILES string of the molecule is O=C(O)CC(Cl)(Br)C(Cl)(Cl)Br. The highest BCUT2D eigenvalue weighted by Crippen LogP contribution is 2.50. The summed E-state index contributed by atoms with van der Waals surface area (Å²) in [5, 5.41) is 8.36. The second-order valence-corrected chi connectivity index (χ2v) is 7.66. The van der Waals surface area contributed by atoms with E-state index in [1.54, 1.807) is 0 Å². The van der Waals surface area contributed by atoms with Gasteiger partial charge in [0.2, 0.25) is 3.24 Å². The van der Waals surface area contributed by atoms with Crippen molar-refractivity contribution < 1.29 is 9.90 Å². The van der Waals surface area contributed by atoms with Gasteiger partial charge in [-0.25, -0.2) is 0 Å². The maximum atomic E-state index is 10.2. The van der Waals surface area contributed by atoms with Gasteiger partial charge in [-0.2, -0.15) is 0 Å². The van der Waals surface area contributed by atoms with E-state index in [0.717, 1.165) is 0 Å². The van der Waals surface area contributed by atoms with E-state index >= 15 is 0 Å². The molecule has 0 saturated heterocycles. The molecule has 0 spiro atoms. The summed E-state index contributed by atoms with van der Waals surface area (Å²) >= 11 is 22.3. The molecule has 0 aromatic rings. The van der Waals surface area contributed by atoms with Crippen LogP contribution in [0.4, 0.5) is 0 Å². The Hall–Kier alpha value is 1.30. The Kier molecular flexibility index (Phi) is 4.48. The summed E-state index contributed by atoms with van der Waals surface area (Å²) in [6, 6.07) is 0. The molecule has 2 nitrogen and oxygen atoms in total. The molecule has 66 valence electrons. The van der Waals surface area contributed by atoms with E-state index < -0.39 is 19.4 Å². The van der Waals surface area contributed by atoms with E-state index in [1.807, 2.05) is 0 Å². The molecule has 0 heterocycles. The first-order chi connectivity index (χ1) is 4.67. The fourth-order valence-corrected chi connectivity index (χ4v) is 0.918. The third-order valence-corrected chi connectivity index (χ3v) is 4.81. The molecular formula is C4H3Br2Cl3O2. The summed E-state index contributed by atoms with van der Waals surface area (Å²) < 4.78 is -2.92. The van der Waals surface area contributed by atoms with Crippen molar-refractivity contribution in [2.24, 2.45) is 0 Å². The van der Waals surface area contributed by atoms with Gasteiger partial charge < -0.3 is 5.11 Å². The lowest BCUT2D eigenvalue weighted by Gasteiger charge is -2.26. The van der Waals surface area contributed by atoms with E-state index in [9.17, 15) is 4.79 Å². The number of carboxylic acids is 1. The van der Waals surface area contributed by atoms with Crippen LogP contribution in [-0.4, -0.2) is 18.1 Å². The number of alkyl halides is 5. The Morgan fingerprint density at radius 3 is 1.82 bits per heavy atom. The van der Waals surface area contributed by atoms with Crippen molar-refractivity contribution in [2.75, 3.05) is 0 Å². The molecule has 0 aromatic heterocycles. The molecule has 0 aliphatic heterocycles. The molecule has 1 atom stereocenters. The number of carbonyl (C=O) groups is 1. The molecule has 0 aliphatic carbocycles. The molecule has 7 heteroatoms. The molecule has 1 unspecified atom stereocenters. The number of carboxylic acid groups (broad SMARTS) is 1. The molecule has 11 heavy (non-hydrogen) atoms. The third kappa shape index (κ3) is 4.18. The maximum absolute atomic E-state index is 10.2. The predicted octanol–water partition coefficient (Wildman–Crippen LogP) is 3.32. The summed E-state index contributed by atoms with van der Waals surface area (Å²) in [5.74, 6) is -1.10. The zero-order valence-electron chi connectivity index (χ0n) is 4.95. The highest BCUT2D eigenvalue weighted by molar-refractivity contribution is 9.13. The van der Waals surface area contributed by atoms with Gasteiger partial charge in [0.1, 0.15) is 0 Å². The van der Waals surface area contributed by atoms with Crippen molar-refractivity contribution in [1.82, 2.24) is 0 Å². The maximum Gasteiger partial charge on any atom is 0.306 e. The van der Waals surface area contributed by atoms with Crippen LogP contribution in [-0.2, 0) is 4.79 Å². The lowest BCUT2D eigenvalue weighted by Crippen LogP contribution is -2.32. The monoisotopic (exact) mass is 346 g/mol. The molecule has 0 aromatic carbocycles. The lowest BCUT2D eigenvalue weighted by molar-refractivity contribution is -0.137. The van der Waals surface area contributed by atoms with Crippen LogP contribution < -0.4 is 0 Å². The Morgan fingerprint density at radius 1 is 1.36 bits per heavy atom. The molecule has 1 N–H and O–H groups in total. The van der Waals surface area contributed by atoms with Crippen LogP contribution in [0.2, 0.25) is 0 Å². The van der Waals surface area contributed by atoms with Crippen molar-refractivity contribution in [3.8, 4) is 0 Å². The highest BCUT2D eigenvalue weighted by atomic mass is 79.9. The van der Waals surface area contributed by atoms with Crippen molar-refractivity contribution in [3.05, 3.63) is 0 Å². The van der Waals surface area contributed by atoms with Crippen LogP contribution in [0.3, 0.4) is 0 Å². The van der Waals surface area contributed by atoms with Crippen LogP contribution in [0.1, 0.15) is 6.42 Å². The first-order valence-electron chi connectivity index (χ1n) is 2.33. The van der Waals surface area contributed by atoms with Crippen LogP contribution >= 0.6 is 66.7 Å². The first-order valence-corrected chi connectivity index (χ1v) is 5.05. The van der Waals surface area contributed by atoms with Crippen LogP contribution in [0.5, 0.6) is 0 Å². The zero-order chi connectivity index (χ0) is 9.28. The molecule has 0 aliphatic rings. The summed E-state index contributed by atoms with van der Waals surface area (Å²) in [5.41, 5.74) is 0. The Bertz CT molecular complexity index is 165. The van der Waals surface area contributed by atoms with Gasteiger partial charge in [-0.1, -0.05) is 39.1 Å². The Balaban J connectivity index is 4.34. The molecule has 0 rings (SSSR count). The van der Waals surface area contributed by atoms with Gasteiger partial charge in [-0.05, 0) is 15.9 Å². The van der Waals surface area contributed by atoms with E-state index in [2.05, 4.69) is 31.9 Å².